The van der Waals surface area contributed by atoms with Gasteiger partial charge >= 0.3 is 0 Å². The predicted molar refractivity (Wildman–Crippen MR) is 72.8 cm³/mol. The maximum Gasteiger partial charge on any atom is 0.240 e. The molecule has 0 heterocycles. The first-order chi connectivity index (χ1) is 8.39. The summed E-state index contributed by atoms with van der Waals surface area (Å²) in [6, 6.07) is 8.66. The normalized spacial score (nSPS) is 23.8. The fourth-order valence-corrected chi connectivity index (χ4v) is 3.98. The van der Waals surface area contributed by atoms with E-state index in [4.69, 9.17) is 0 Å². The first-order valence-electron chi connectivity index (χ1n) is 6.46. The second kappa shape index (κ2) is 5.02. The standard InChI is InChI=1S/C14H21NO2S/c1-14(2)10-6-7-12(11-14)15-18(16,17)13-8-4-3-5-9-13/h3-5,8-9,12,15H,6-7,10-11H2,1-2H3. The van der Waals surface area contributed by atoms with Gasteiger partial charge in [-0.05, 0) is 36.8 Å². The average Bonchev–Trinajstić information content (AvgIpc) is 2.28. The highest BCUT2D eigenvalue weighted by atomic mass is 32.2. The lowest BCUT2D eigenvalue weighted by Crippen LogP contribution is -2.40. The van der Waals surface area contributed by atoms with E-state index in [0.29, 0.717) is 4.90 Å². The van der Waals surface area contributed by atoms with Gasteiger partial charge < -0.3 is 0 Å². The molecule has 1 aromatic rings. The Hall–Kier alpha value is -0.870. The zero-order valence-electron chi connectivity index (χ0n) is 11.0. The van der Waals surface area contributed by atoms with Crippen molar-refractivity contribution in [2.24, 2.45) is 5.41 Å². The van der Waals surface area contributed by atoms with Crippen LogP contribution in [0.4, 0.5) is 0 Å². The molecule has 0 aromatic heterocycles. The Morgan fingerprint density at radius 2 is 1.89 bits per heavy atom. The van der Waals surface area contributed by atoms with Crippen LogP contribution < -0.4 is 4.72 Å². The predicted octanol–water partition coefficient (Wildman–Crippen LogP) is 2.93. The molecule has 3 nitrogen and oxygen atoms in total. The third-order valence-electron chi connectivity index (χ3n) is 3.58. The lowest BCUT2D eigenvalue weighted by atomic mass is 9.75. The van der Waals surface area contributed by atoms with E-state index in [0.717, 1.165) is 19.3 Å². The van der Waals surface area contributed by atoms with Gasteiger partial charge in [-0.3, -0.25) is 0 Å². The zero-order chi connectivity index (χ0) is 13.2. The van der Waals surface area contributed by atoms with Crippen molar-refractivity contribution >= 4 is 10.0 Å². The van der Waals surface area contributed by atoms with E-state index in [1.165, 1.54) is 6.42 Å². The van der Waals surface area contributed by atoms with Gasteiger partial charge in [-0.25, -0.2) is 13.1 Å². The van der Waals surface area contributed by atoms with Crippen LogP contribution in [-0.2, 0) is 10.0 Å². The van der Waals surface area contributed by atoms with Crippen molar-refractivity contribution in [3.8, 4) is 0 Å². The molecule has 4 heteroatoms. The Kier molecular flexibility index (Phi) is 3.78. The molecule has 0 bridgehead atoms. The quantitative estimate of drug-likeness (QED) is 0.915. The van der Waals surface area contributed by atoms with Crippen LogP contribution in [0.15, 0.2) is 35.2 Å². The molecule has 1 aliphatic carbocycles. The monoisotopic (exact) mass is 267 g/mol. The Labute approximate surface area is 110 Å². The molecule has 1 fully saturated rings. The molecule has 0 aliphatic heterocycles. The largest absolute Gasteiger partial charge is 0.240 e. The van der Waals surface area contributed by atoms with Crippen LogP contribution in [0.25, 0.3) is 0 Å². The summed E-state index contributed by atoms with van der Waals surface area (Å²) in [5.74, 6) is 0. The number of hydrogen-bond donors (Lipinski definition) is 1. The second-order valence-corrected chi connectivity index (χ2v) is 7.61. The second-order valence-electron chi connectivity index (χ2n) is 5.89. The van der Waals surface area contributed by atoms with Crippen molar-refractivity contribution in [1.29, 1.82) is 0 Å². The van der Waals surface area contributed by atoms with Crippen molar-refractivity contribution in [3.05, 3.63) is 30.3 Å². The summed E-state index contributed by atoms with van der Waals surface area (Å²) in [4.78, 5) is 0.355. The van der Waals surface area contributed by atoms with Crippen LogP contribution in [0, 0.1) is 5.41 Å². The summed E-state index contributed by atoms with van der Waals surface area (Å²) in [5.41, 5.74) is 0.238. The molecule has 100 valence electrons. The molecule has 1 unspecified atom stereocenters. The van der Waals surface area contributed by atoms with Gasteiger partial charge in [0.05, 0.1) is 4.90 Å². The van der Waals surface area contributed by atoms with Gasteiger partial charge in [-0.2, -0.15) is 0 Å². The van der Waals surface area contributed by atoms with Crippen LogP contribution in [0.1, 0.15) is 39.5 Å². The minimum atomic E-state index is -3.36. The molecule has 0 saturated heterocycles. The van der Waals surface area contributed by atoms with Crippen molar-refractivity contribution in [3.63, 3.8) is 0 Å². The Balaban J connectivity index is 2.10. The molecular formula is C14H21NO2S. The van der Waals surface area contributed by atoms with Gasteiger partial charge in [0.25, 0.3) is 0 Å². The average molecular weight is 267 g/mol. The van der Waals surface area contributed by atoms with E-state index in [-0.39, 0.29) is 11.5 Å². The first kappa shape index (κ1) is 13.6. The molecule has 1 atom stereocenters. The van der Waals surface area contributed by atoms with Crippen molar-refractivity contribution in [2.75, 3.05) is 0 Å². The van der Waals surface area contributed by atoms with E-state index >= 15 is 0 Å². The minimum absolute atomic E-state index is 0.0685. The summed E-state index contributed by atoms with van der Waals surface area (Å²) in [6.45, 7) is 4.41. The van der Waals surface area contributed by atoms with Crippen molar-refractivity contribution < 1.29 is 8.42 Å². The van der Waals surface area contributed by atoms with Gasteiger partial charge in [0.2, 0.25) is 10.0 Å². The molecule has 1 aromatic carbocycles. The zero-order valence-corrected chi connectivity index (χ0v) is 11.8. The SMILES string of the molecule is CC1(C)CCCC(NS(=O)(=O)c2ccccc2)C1. The molecule has 2 rings (SSSR count). The molecular weight excluding hydrogens is 246 g/mol. The van der Waals surface area contributed by atoms with Gasteiger partial charge in [0.1, 0.15) is 0 Å². The summed E-state index contributed by atoms with van der Waals surface area (Å²) >= 11 is 0. The van der Waals surface area contributed by atoms with Crippen LogP contribution >= 0.6 is 0 Å². The maximum atomic E-state index is 12.2. The van der Waals surface area contributed by atoms with E-state index in [9.17, 15) is 8.42 Å². The Bertz CT molecular complexity index is 494. The molecule has 1 aliphatic rings. The van der Waals surface area contributed by atoms with Crippen molar-refractivity contribution in [1.82, 2.24) is 4.72 Å². The maximum absolute atomic E-state index is 12.2. The lowest BCUT2D eigenvalue weighted by molar-refractivity contribution is 0.212. The Morgan fingerprint density at radius 3 is 2.50 bits per heavy atom. The number of sulfonamides is 1. The molecule has 18 heavy (non-hydrogen) atoms. The third kappa shape index (κ3) is 3.33. The minimum Gasteiger partial charge on any atom is -0.208 e. The van der Waals surface area contributed by atoms with E-state index in [1.54, 1.807) is 24.3 Å². The third-order valence-corrected chi connectivity index (χ3v) is 5.12. The topological polar surface area (TPSA) is 46.2 Å². The van der Waals surface area contributed by atoms with Gasteiger partial charge in [-0.1, -0.05) is 38.5 Å². The lowest BCUT2D eigenvalue weighted by Gasteiger charge is -2.35. The van der Waals surface area contributed by atoms with Gasteiger partial charge in [-0.15, -0.1) is 0 Å². The highest BCUT2D eigenvalue weighted by Gasteiger charge is 2.30. The summed E-state index contributed by atoms with van der Waals surface area (Å²) < 4.78 is 27.2. The molecule has 1 N–H and O–H groups in total. The fourth-order valence-electron chi connectivity index (χ4n) is 2.69. The number of benzene rings is 1. The molecule has 0 spiro atoms. The van der Waals surface area contributed by atoms with Crippen molar-refractivity contribution in [2.45, 2.75) is 50.5 Å². The van der Waals surface area contributed by atoms with Gasteiger partial charge in [0, 0.05) is 6.04 Å². The number of nitrogens with one attached hydrogen (secondary N) is 1. The Morgan fingerprint density at radius 1 is 1.22 bits per heavy atom. The summed E-state index contributed by atoms with van der Waals surface area (Å²) in [6.07, 6.45) is 4.13. The van der Waals surface area contributed by atoms with E-state index in [1.807, 2.05) is 6.07 Å². The van der Waals surface area contributed by atoms with Crippen LogP contribution in [-0.4, -0.2) is 14.5 Å². The number of hydrogen-bond acceptors (Lipinski definition) is 2. The van der Waals surface area contributed by atoms with Crippen LogP contribution in [0.2, 0.25) is 0 Å². The van der Waals surface area contributed by atoms with Crippen LogP contribution in [0.3, 0.4) is 0 Å². The fraction of sp³-hybridized carbons (Fsp3) is 0.571. The summed E-state index contributed by atoms with van der Waals surface area (Å²) in [5, 5.41) is 0. The molecule has 1 saturated carbocycles. The first-order valence-corrected chi connectivity index (χ1v) is 7.95. The van der Waals surface area contributed by atoms with E-state index in [2.05, 4.69) is 18.6 Å². The molecule has 0 radical (unpaired) electrons. The molecule has 0 amide bonds. The highest BCUT2D eigenvalue weighted by molar-refractivity contribution is 7.89. The summed E-state index contributed by atoms with van der Waals surface area (Å²) in [7, 11) is -3.36. The van der Waals surface area contributed by atoms with E-state index < -0.39 is 10.0 Å². The van der Waals surface area contributed by atoms with Crippen LogP contribution in [0.5, 0.6) is 0 Å². The highest BCUT2D eigenvalue weighted by Crippen LogP contribution is 2.35. The smallest absolute Gasteiger partial charge is 0.208 e. The van der Waals surface area contributed by atoms with Gasteiger partial charge in [0.15, 0.2) is 0 Å². The number of rotatable bonds is 3.